The average molecular weight is 346 g/mol. The second kappa shape index (κ2) is 5.63. The molecule has 100 valence electrons. The molecule has 2 N–H and O–H groups in total. The molecule has 0 fully saturated rings. The highest BCUT2D eigenvalue weighted by atomic mass is 79.9. The van der Waals surface area contributed by atoms with Gasteiger partial charge < -0.3 is 14.9 Å². The monoisotopic (exact) mass is 344 g/mol. The highest BCUT2D eigenvalue weighted by Gasteiger charge is 2.20. The lowest BCUT2D eigenvalue weighted by Crippen LogP contribution is -2.07. The molecule has 1 aromatic heterocycles. The van der Waals surface area contributed by atoms with Crippen molar-refractivity contribution in [3.63, 3.8) is 0 Å². The van der Waals surface area contributed by atoms with E-state index >= 15 is 0 Å². The van der Waals surface area contributed by atoms with Crippen molar-refractivity contribution in [2.45, 2.75) is 6.92 Å². The number of anilines is 1. The Balaban J connectivity index is 2.41. The predicted molar refractivity (Wildman–Crippen MR) is 75.0 cm³/mol. The molecule has 0 saturated carbocycles. The van der Waals surface area contributed by atoms with Crippen LogP contribution in [0.1, 0.15) is 17.4 Å². The van der Waals surface area contributed by atoms with Gasteiger partial charge >= 0.3 is 5.97 Å². The molecule has 0 aliphatic rings. The maximum atomic E-state index is 11.6. The smallest absolute Gasteiger partial charge is 0.362 e. The lowest BCUT2D eigenvalue weighted by atomic mass is 10.2. The van der Waals surface area contributed by atoms with Gasteiger partial charge in [-0.05, 0) is 25.1 Å². The minimum absolute atomic E-state index is 0.0343. The number of nitrogens with zero attached hydrogens (tertiary/aromatic N) is 1. The first-order valence-electron chi connectivity index (χ1n) is 5.41. The molecule has 0 aliphatic heterocycles. The Hall–Kier alpha value is -1.53. The first-order chi connectivity index (χ1) is 9.01. The lowest BCUT2D eigenvalue weighted by Gasteiger charge is -1.98. The summed E-state index contributed by atoms with van der Waals surface area (Å²) >= 11 is 9.25. The number of nitrogens with two attached hydrogens (primary N) is 1. The molecule has 7 heteroatoms. The summed E-state index contributed by atoms with van der Waals surface area (Å²) < 4.78 is 10.9. The van der Waals surface area contributed by atoms with Crippen LogP contribution in [0.25, 0.3) is 11.5 Å². The molecule has 0 radical (unpaired) electrons. The number of carbonyl (C=O) groups is 1. The predicted octanol–water partition coefficient (Wildman–Crippen LogP) is 3.52. The number of aromatic nitrogens is 1. The number of hydrogen-bond donors (Lipinski definition) is 1. The second-order valence-electron chi connectivity index (χ2n) is 3.61. The summed E-state index contributed by atoms with van der Waals surface area (Å²) in [5.41, 5.74) is 6.19. The Kier molecular flexibility index (Phi) is 4.11. The fourth-order valence-corrected chi connectivity index (χ4v) is 2.34. The van der Waals surface area contributed by atoms with Crippen LogP contribution in [0.15, 0.2) is 27.1 Å². The summed E-state index contributed by atoms with van der Waals surface area (Å²) in [6.45, 7) is 1.94. The normalized spacial score (nSPS) is 10.5. The molecule has 0 atom stereocenters. The molecule has 5 nitrogen and oxygen atoms in total. The van der Waals surface area contributed by atoms with Gasteiger partial charge in [-0.2, -0.15) is 4.98 Å². The number of esters is 1. The van der Waals surface area contributed by atoms with Crippen LogP contribution in [-0.2, 0) is 4.74 Å². The van der Waals surface area contributed by atoms with Gasteiger partial charge in [0.1, 0.15) is 0 Å². The zero-order valence-electron chi connectivity index (χ0n) is 9.94. The van der Waals surface area contributed by atoms with E-state index in [1.54, 1.807) is 25.1 Å². The van der Waals surface area contributed by atoms with Crippen molar-refractivity contribution in [2.24, 2.45) is 0 Å². The molecule has 2 aromatic rings. The molecule has 0 aliphatic carbocycles. The standard InChI is InChI=1S/C12H10BrClN2O3/c1-2-18-12(17)9-10(15)19-11(16-9)6-3-7(13)5-8(14)4-6/h3-5H,2,15H2,1H3. The third-order valence-corrected chi connectivity index (χ3v) is 2.91. The highest BCUT2D eigenvalue weighted by Crippen LogP contribution is 2.29. The number of oxazole rings is 1. The molecular weight excluding hydrogens is 336 g/mol. The quantitative estimate of drug-likeness (QED) is 0.861. The molecular formula is C12H10BrClN2O3. The topological polar surface area (TPSA) is 78.3 Å². The Morgan fingerprint density at radius 3 is 2.89 bits per heavy atom. The van der Waals surface area contributed by atoms with Crippen LogP contribution >= 0.6 is 27.5 Å². The summed E-state index contributed by atoms with van der Waals surface area (Å²) in [7, 11) is 0. The summed E-state index contributed by atoms with van der Waals surface area (Å²) in [5.74, 6) is -0.482. The number of halogens is 2. The first kappa shape index (κ1) is 13.9. The number of ether oxygens (including phenoxy) is 1. The molecule has 19 heavy (non-hydrogen) atoms. The van der Waals surface area contributed by atoms with Crippen LogP contribution in [0, 0.1) is 0 Å². The van der Waals surface area contributed by atoms with Crippen LogP contribution in [0.3, 0.4) is 0 Å². The van der Waals surface area contributed by atoms with Crippen molar-refractivity contribution in [2.75, 3.05) is 12.3 Å². The Morgan fingerprint density at radius 2 is 2.26 bits per heavy atom. The summed E-state index contributed by atoms with van der Waals surface area (Å²) in [5, 5.41) is 0.513. The van der Waals surface area contributed by atoms with Crippen molar-refractivity contribution in [1.82, 2.24) is 4.98 Å². The van der Waals surface area contributed by atoms with Crippen LogP contribution in [0.2, 0.25) is 5.02 Å². The molecule has 1 heterocycles. The van der Waals surface area contributed by atoms with Crippen LogP contribution < -0.4 is 5.73 Å². The van der Waals surface area contributed by atoms with Gasteiger partial charge in [-0.3, -0.25) is 0 Å². The zero-order chi connectivity index (χ0) is 14.0. The average Bonchev–Trinajstić information content (AvgIpc) is 2.70. The minimum atomic E-state index is -0.615. The van der Waals surface area contributed by atoms with E-state index in [1.807, 2.05) is 0 Å². The van der Waals surface area contributed by atoms with E-state index in [0.29, 0.717) is 10.6 Å². The van der Waals surface area contributed by atoms with Crippen molar-refractivity contribution >= 4 is 39.4 Å². The molecule has 0 spiro atoms. The maximum Gasteiger partial charge on any atom is 0.362 e. The molecule has 2 rings (SSSR count). The van der Waals surface area contributed by atoms with E-state index in [-0.39, 0.29) is 24.1 Å². The van der Waals surface area contributed by atoms with E-state index in [0.717, 1.165) is 4.47 Å². The van der Waals surface area contributed by atoms with Gasteiger partial charge in [-0.15, -0.1) is 0 Å². The number of benzene rings is 1. The molecule has 0 unspecified atom stereocenters. The van der Waals surface area contributed by atoms with Crippen LogP contribution in [0.5, 0.6) is 0 Å². The Bertz CT molecular complexity index is 607. The van der Waals surface area contributed by atoms with Gasteiger partial charge in [-0.1, -0.05) is 27.5 Å². The van der Waals surface area contributed by atoms with Gasteiger partial charge in [0.25, 0.3) is 0 Å². The minimum Gasteiger partial charge on any atom is -0.461 e. The van der Waals surface area contributed by atoms with E-state index < -0.39 is 5.97 Å². The summed E-state index contributed by atoms with van der Waals surface area (Å²) in [6, 6.07) is 5.14. The molecule has 1 aromatic carbocycles. The van der Waals surface area contributed by atoms with Gasteiger partial charge in [0.15, 0.2) is 0 Å². The van der Waals surface area contributed by atoms with Crippen LogP contribution in [-0.4, -0.2) is 17.6 Å². The maximum absolute atomic E-state index is 11.6. The van der Waals surface area contributed by atoms with E-state index in [2.05, 4.69) is 20.9 Å². The van der Waals surface area contributed by atoms with Crippen molar-refractivity contribution in [3.05, 3.63) is 33.4 Å². The van der Waals surface area contributed by atoms with Gasteiger partial charge in [-0.25, -0.2) is 4.79 Å². The third-order valence-electron chi connectivity index (χ3n) is 2.23. The summed E-state index contributed by atoms with van der Waals surface area (Å²) in [4.78, 5) is 15.6. The second-order valence-corrected chi connectivity index (χ2v) is 4.96. The third kappa shape index (κ3) is 3.08. The van der Waals surface area contributed by atoms with Gasteiger partial charge in [0.05, 0.1) is 6.61 Å². The number of carbonyl (C=O) groups excluding carboxylic acids is 1. The van der Waals surface area contributed by atoms with Gasteiger partial charge in [0.2, 0.25) is 17.5 Å². The number of rotatable bonds is 3. The molecule has 0 saturated heterocycles. The highest BCUT2D eigenvalue weighted by molar-refractivity contribution is 9.10. The van der Waals surface area contributed by atoms with Gasteiger partial charge in [0, 0.05) is 15.1 Å². The number of nitrogen functional groups attached to an aromatic ring is 1. The fraction of sp³-hybridized carbons (Fsp3) is 0.167. The van der Waals surface area contributed by atoms with Crippen molar-refractivity contribution < 1.29 is 13.9 Å². The number of hydrogen-bond acceptors (Lipinski definition) is 5. The van der Waals surface area contributed by atoms with E-state index in [4.69, 9.17) is 26.5 Å². The summed E-state index contributed by atoms with van der Waals surface area (Å²) in [6.07, 6.45) is 0. The van der Waals surface area contributed by atoms with E-state index in [1.165, 1.54) is 0 Å². The Labute approximate surface area is 122 Å². The van der Waals surface area contributed by atoms with Crippen LogP contribution in [0.4, 0.5) is 5.88 Å². The molecule has 0 amide bonds. The van der Waals surface area contributed by atoms with Crippen molar-refractivity contribution in [3.8, 4) is 11.5 Å². The van der Waals surface area contributed by atoms with Crippen molar-refractivity contribution in [1.29, 1.82) is 0 Å². The fourth-order valence-electron chi connectivity index (χ4n) is 1.48. The largest absolute Gasteiger partial charge is 0.461 e. The lowest BCUT2D eigenvalue weighted by molar-refractivity contribution is 0.0521. The molecule has 0 bridgehead atoms. The SMILES string of the molecule is CCOC(=O)c1nc(-c2cc(Cl)cc(Br)c2)oc1N. The zero-order valence-corrected chi connectivity index (χ0v) is 12.3. The van der Waals surface area contributed by atoms with E-state index in [9.17, 15) is 4.79 Å². The first-order valence-corrected chi connectivity index (χ1v) is 6.58. The Morgan fingerprint density at radius 1 is 1.53 bits per heavy atom.